The Balaban J connectivity index is 1.99. The molecular formula is C13H17NO3. The Labute approximate surface area is 100 Å². The lowest BCUT2D eigenvalue weighted by atomic mass is 9.80. The first kappa shape index (κ1) is 11.9. The highest BCUT2D eigenvalue weighted by molar-refractivity contribution is 5.96. The number of hydrogen-bond acceptors (Lipinski definition) is 3. The van der Waals surface area contributed by atoms with Crippen LogP contribution in [0.4, 0.5) is 0 Å². The van der Waals surface area contributed by atoms with Crippen molar-refractivity contribution < 1.29 is 15.0 Å². The second-order valence-electron chi connectivity index (χ2n) is 4.78. The Kier molecular flexibility index (Phi) is 3.07. The number of rotatable bonds is 3. The second-order valence-corrected chi connectivity index (χ2v) is 4.78. The highest BCUT2D eigenvalue weighted by Crippen LogP contribution is 2.30. The third kappa shape index (κ3) is 2.58. The Morgan fingerprint density at radius 2 is 2.18 bits per heavy atom. The number of amides is 1. The highest BCUT2D eigenvalue weighted by Gasteiger charge is 2.34. The van der Waals surface area contributed by atoms with Gasteiger partial charge in [0.05, 0.1) is 11.2 Å². The van der Waals surface area contributed by atoms with Crippen LogP contribution in [0, 0.1) is 6.92 Å². The van der Waals surface area contributed by atoms with E-state index in [1.165, 1.54) is 0 Å². The van der Waals surface area contributed by atoms with Crippen LogP contribution in [-0.2, 0) is 0 Å². The maximum Gasteiger partial charge on any atom is 0.255 e. The van der Waals surface area contributed by atoms with Crippen molar-refractivity contribution in [3.63, 3.8) is 0 Å². The molecule has 0 heterocycles. The van der Waals surface area contributed by atoms with Crippen molar-refractivity contribution in [3.8, 4) is 5.75 Å². The molecule has 1 saturated carbocycles. The van der Waals surface area contributed by atoms with Gasteiger partial charge in [0.15, 0.2) is 0 Å². The fraction of sp³-hybridized carbons (Fsp3) is 0.462. The average molecular weight is 235 g/mol. The molecule has 2 rings (SSSR count). The van der Waals surface area contributed by atoms with Crippen LogP contribution in [0.15, 0.2) is 18.2 Å². The normalized spacial score (nSPS) is 17.3. The molecule has 0 aliphatic heterocycles. The van der Waals surface area contributed by atoms with Gasteiger partial charge in [-0.3, -0.25) is 4.79 Å². The molecule has 4 nitrogen and oxygen atoms in total. The molecule has 0 atom stereocenters. The van der Waals surface area contributed by atoms with Gasteiger partial charge in [-0.25, -0.2) is 0 Å². The van der Waals surface area contributed by atoms with E-state index >= 15 is 0 Å². The lowest BCUT2D eigenvalue weighted by molar-refractivity contribution is -0.0300. The van der Waals surface area contributed by atoms with Gasteiger partial charge in [-0.1, -0.05) is 6.07 Å². The Hall–Kier alpha value is -1.55. The molecule has 17 heavy (non-hydrogen) atoms. The fourth-order valence-corrected chi connectivity index (χ4v) is 1.94. The third-order valence-corrected chi connectivity index (χ3v) is 3.26. The van der Waals surface area contributed by atoms with E-state index in [1.807, 2.05) is 6.92 Å². The number of benzene rings is 1. The summed E-state index contributed by atoms with van der Waals surface area (Å²) in [4.78, 5) is 11.8. The van der Waals surface area contributed by atoms with Crippen LogP contribution in [0.3, 0.4) is 0 Å². The monoisotopic (exact) mass is 235 g/mol. The minimum atomic E-state index is -0.740. The summed E-state index contributed by atoms with van der Waals surface area (Å²) in [6.45, 7) is 2.09. The summed E-state index contributed by atoms with van der Waals surface area (Å²) in [5, 5.41) is 22.1. The molecule has 0 unspecified atom stereocenters. The number of aromatic hydroxyl groups is 1. The van der Waals surface area contributed by atoms with Gasteiger partial charge in [0.25, 0.3) is 5.91 Å². The number of carbonyl (C=O) groups is 1. The Bertz CT molecular complexity index is 438. The van der Waals surface area contributed by atoms with Gasteiger partial charge in [0.1, 0.15) is 5.75 Å². The summed E-state index contributed by atoms with van der Waals surface area (Å²) in [5.41, 5.74) is 0.408. The van der Waals surface area contributed by atoms with E-state index in [0.29, 0.717) is 0 Å². The Morgan fingerprint density at radius 3 is 2.71 bits per heavy atom. The van der Waals surface area contributed by atoms with E-state index < -0.39 is 5.60 Å². The average Bonchev–Trinajstić information content (AvgIpc) is 2.23. The quantitative estimate of drug-likeness (QED) is 0.740. The van der Waals surface area contributed by atoms with Crippen molar-refractivity contribution in [3.05, 3.63) is 29.3 Å². The lowest BCUT2D eigenvalue weighted by Crippen LogP contribution is -2.47. The topological polar surface area (TPSA) is 69.6 Å². The number of hydrogen-bond donors (Lipinski definition) is 3. The summed E-state index contributed by atoms with van der Waals surface area (Å²) in [6.07, 6.45) is 2.46. The van der Waals surface area contributed by atoms with Gasteiger partial charge in [-0.05, 0) is 43.9 Å². The van der Waals surface area contributed by atoms with Gasteiger partial charge in [-0.2, -0.15) is 0 Å². The molecule has 0 aromatic heterocycles. The Morgan fingerprint density at radius 1 is 1.47 bits per heavy atom. The molecular weight excluding hydrogens is 218 g/mol. The van der Waals surface area contributed by atoms with Crippen LogP contribution in [0.1, 0.15) is 35.2 Å². The number of nitrogens with one attached hydrogen (secondary N) is 1. The minimum absolute atomic E-state index is 0.0249. The third-order valence-electron chi connectivity index (χ3n) is 3.26. The molecule has 0 spiro atoms. The number of phenolic OH excluding ortho intramolecular Hbond substituents is 1. The SMILES string of the molecule is Cc1ccc(C(=O)NCC2(O)CCC2)c(O)c1. The van der Waals surface area contributed by atoms with Crippen LogP contribution in [0.25, 0.3) is 0 Å². The van der Waals surface area contributed by atoms with Gasteiger partial charge < -0.3 is 15.5 Å². The van der Waals surface area contributed by atoms with Crippen LogP contribution < -0.4 is 5.32 Å². The summed E-state index contributed by atoms with van der Waals surface area (Å²) >= 11 is 0. The van der Waals surface area contributed by atoms with E-state index in [2.05, 4.69) is 5.32 Å². The van der Waals surface area contributed by atoms with Gasteiger partial charge in [0.2, 0.25) is 0 Å². The fourth-order valence-electron chi connectivity index (χ4n) is 1.94. The van der Waals surface area contributed by atoms with Crippen molar-refractivity contribution in [1.82, 2.24) is 5.32 Å². The summed E-state index contributed by atoms with van der Waals surface area (Å²) in [5.74, 6) is -0.370. The molecule has 1 aromatic rings. The molecule has 0 radical (unpaired) electrons. The molecule has 0 bridgehead atoms. The van der Waals surface area contributed by atoms with E-state index in [1.54, 1.807) is 18.2 Å². The lowest BCUT2D eigenvalue weighted by Gasteiger charge is -2.36. The van der Waals surface area contributed by atoms with Gasteiger partial charge in [0, 0.05) is 6.54 Å². The van der Waals surface area contributed by atoms with Crippen LogP contribution in [0.5, 0.6) is 5.75 Å². The number of phenols is 1. The maximum atomic E-state index is 11.8. The zero-order valence-electron chi connectivity index (χ0n) is 9.86. The van der Waals surface area contributed by atoms with Crippen molar-refractivity contribution >= 4 is 5.91 Å². The molecule has 1 fully saturated rings. The molecule has 0 saturated heterocycles. The van der Waals surface area contributed by atoms with E-state index in [4.69, 9.17) is 0 Å². The molecule has 92 valence electrons. The van der Waals surface area contributed by atoms with Crippen LogP contribution in [0.2, 0.25) is 0 Å². The molecule has 1 aliphatic rings. The minimum Gasteiger partial charge on any atom is -0.507 e. The van der Waals surface area contributed by atoms with Crippen molar-refractivity contribution in [2.75, 3.05) is 6.54 Å². The number of carbonyl (C=O) groups excluding carboxylic acids is 1. The first-order chi connectivity index (χ1) is 8.00. The van der Waals surface area contributed by atoms with Gasteiger partial charge >= 0.3 is 0 Å². The number of aliphatic hydroxyl groups is 1. The molecule has 1 aromatic carbocycles. The molecule has 4 heteroatoms. The molecule has 3 N–H and O–H groups in total. The highest BCUT2D eigenvalue weighted by atomic mass is 16.3. The summed E-state index contributed by atoms with van der Waals surface area (Å²) < 4.78 is 0. The predicted octanol–water partition coefficient (Wildman–Crippen LogP) is 1.35. The van der Waals surface area contributed by atoms with Crippen molar-refractivity contribution in [2.45, 2.75) is 31.8 Å². The second kappa shape index (κ2) is 4.37. The first-order valence-corrected chi connectivity index (χ1v) is 5.80. The zero-order valence-corrected chi connectivity index (χ0v) is 9.86. The summed E-state index contributed by atoms with van der Waals surface area (Å²) in [6, 6.07) is 4.91. The van der Waals surface area contributed by atoms with E-state index in [-0.39, 0.29) is 23.8 Å². The predicted molar refractivity (Wildman–Crippen MR) is 64.0 cm³/mol. The van der Waals surface area contributed by atoms with Gasteiger partial charge in [-0.15, -0.1) is 0 Å². The van der Waals surface area contributed by atoms with Crippen molar-refractivity contribution in [2.24, 2.45) is 0 Å². The number of aryl methyl sites for hydroxylation is 1. The standard InChI is InChI=1S/C13H17NO3/c1-9-3-4-10(11(15)7-9)12(16)14-8-13(17)5-2-6-13/h3-4,7,15,17H,2,5-6,8H2,1H3,(H,14,16). The zero-order chi connectivity index (χ0) is 12.5. The van der Waals surface area contributed by atoms with Crippen LogP contribution in [-0.4, -0.2) is 28.3 Å². The van der Waals surface area contributed by atoms with E-state index in [9.17, 15) is 15.0 Å². The van der Waals surface area contributed by atoms with Crippen molar-refractivity contribution in [1.29, 1.82) is 0 Å². The largest absolute Gasteiger partial charge is 0.507 e. The maximum absolute atomic E-state index is 11.8. The molecule has 1 aliphatic carbocycles. The summed E-state index contributed by atoms with van der Waals surface area (Å²) in [7, 11) is 0. The molecule has 1 amide bonds. The first-order valence-electron chi connectivity index (χ1n) is 5.80. The smallest absolute Gasteiger partial charge is 0.255 e. The van der Waals surface area contributed by atoms with E-state index in [0.717, 1.165) is 24.8 Å². The van der Waals surface area contributed by atoms with Crippen LogP contribution >= 0.6 is 0 Å².